The van der Waals surface area contributed by atoms with Crippen LogP contribution in [0.5, 0.6) is 0 Å². The third-order valence-electron chi connectivity index (χ3n) is 4.92. The van der Waals surface area contributed by atoms with Gasteiger partial charge in [0.15, 0.2) is 0 Å². The van der Waals surface area contributed by atoms with Crippen LogP contribution in [-0.2, 0) is 21.5 Å². The molecular formula is C22H25FN2O2. The van der Waals surface area contributed by atoms with Crippen LogP contribution in [0.4, 0.5) is 10.1 Å². The second-order valence-corrected chi connectivity index (χ2v) is 8.05. The van der Waals surface area contributed by atoms with Gasteiger partial charge in [0.1, 0.15) is 5.82 Å². The fourth-order valence-electron chi connectivity index (χ4n) is 3.21. The van der Waals surface area contributed by atoms with E-state index in [0.29, 0.717) is 13.1 Å². The van der Waals surface area contributed by atoms with Crippen molar-refractivity contribution >= 4 is 17.5 Å². The lowest BCUT2D eigenvalue weighted by atomic mass is 9.87. The van der Waals surface area contributed by atoms with Crippen LogP contribution in [0.3, 0.4) is 0 Å². The number of nitrogens with zero attached hydrogens (tertiary/aromatic N) is 1. The molecule has 1 N–H and O–H groups in total. The smallest absolute Gasteiger partial charge is 0.227 e. The van der Waals surface area contributed by atoms with E-state index >= 15 is 0 Å². The summed E-state index contributed by atoms with van der Waals surface area (Å²) in [6.45, 7) is 7.13. The summed E-state index contributed by atoms with van der Waals surface area (Å²) in [5.74, 6) is -0.873. The molecule has 1 atom stereocenters. The van der Waals surface area contributed by atoms with Gasteiger partial charge in [0, 0.05) is 25.2 Å². The van der Waals surface area contributed by atoms with Gasteiger partial charge in [0.2, 0.25) is 11.8 Å². The van der Waals surface area contributed by atoms with E-state index in [-0.39, 0.29) is 35.4 Å². The standard InChI is InChI=1S/C22H25FN2O2/c1-22(2,3)17-6-10-19(11-7-17)25-14-16(12-20(25)26)21(27)24-13-15-4-8-18(23)9-5-15/h4-11,16H,12-14H2,1-3H3,(H,24,27). The fourth-order valence-corrected chi connectivity index (χ4v) is 3.21. The monoisotopic (exact) mass is 368 g/mol. The molecule has 142 valence electrons. The van der Waals surface area contributed by atoms with Crippen LogP contribution >= 0.6 is 0 Å². The van der Waals surface area contributed by atoms with Gasteiger partial charge in [-0.1, -0.05) is 45.0 Å². The Hall–Kier alpha value is -2.69. The Bertz CT molecular complexity index is 823. The summed E-state index contributed by atoms with van der Waals surface area (Å²) in [4.78, 5) is 26.5. The van der Waals surface area contributed by atoms with Gasteiger partial charge in [0.05, 0.1) is 5.92 Å². The summed E-state index contributed by atoms with van der Waals surface area (Å²) >= 11 is 0. The van der Waals surface area contributed by atoms with E-state index in [4.69, 9.17) is 0 Å². The minimum atomic E-state index is -0.375. The summed E-state index contributed by atoms with van der Waals surface area (Å²) in [7, 11) is 0. The van der Waals surface area contributed by atoms with Crippen molar-refractivity contribution in [2.24, 2.45) is 5.92 Å². The summed E-state index contributed by atoms with van der Waals surface area (Å²) in [5, 5.41) is 2.84. The average Bonchev–Trinajstić information content (AvgIpc) is 3.02. The average molecular weight is 368 g/mol. The zero-order chi connectivity index (χ0) is 19.6. The van der Waals surface area contributed by atoms with Gasteiger partial charge in [-0.2, -0.15) is 0 Å². The number of carbonyl (C=O) groups excluding carboxylic acids is 2. The van der Waals surface area contributed by atoms with E-state index < -0.39 is 0 Å². The molecule has 1 aliphatic rings. The Morgan fingerprint density at radius 1 is 1.11 bits per heavy atom. The fraction of sp³-hybridized carbons (Fsp3) is 0.364. The van der Waals surface area contributed by atoms with E-state index in [1.165, 1.54) is 17.7 Å². The molecule has 0 bridgehead atoms. The first-order chi connectivity index (χ1) is 12.7. The van der Waals surface area contributed by atoms with Crippen LogP contribution in [0.1, 0.15) is 38.3 Å². The van der Waals surface area contributed by atoms with Gasteiger partial charge >= 0.3 is 0 Å². The summed E-state index contributed by atoms with van der Waals surface area (Å²) in [5.41, 5.74) is 2.90. The van der Waals surface area contributed by atoms with Crippen molar-refractivity contribution in [3.05, 3.63) is 65.5 Å². The lowest BCUT2D eigenvalue weighted by molar-refractivity contribution is -0.126. The number of hydrogen-bond donors (Lipinski definition) is 1. The lowest BCUT2D eigenvalue weighted by Crippen LogP contribution is -2.32. The maximum atomic E-state index is 12.9. The number of anilines is 1. The zero-order valence-corrected chi connectivity index (χ0v) is 16.0. The Morgan fingerprint density at radius 3 is 2.33 bits per heavy atom. The maximum absolute atomic E-state index is 12.9. The van der Waals surface area contributed by atoms with Crippen molar-refractivity contribution in [1.82, 2.24) is 5.32 Å². The van der Waals surface area contributed by atoms with E-state index in [1.807, 2.05) is 24.3 Å². The molecule has 2 aromatic carbocycles. The summed E-state index contributed by atoms with van der Waals surface area (Å²) in [6, 6.07) is 14.0. The van der Waals surface area contributed by atoms with Crippen molar-refractivity contribution in [3.63, 3.8) is 0 Å². The van der Waals surface area contributed by atoms with Crippen molar-refractivity contribution in [2.75, 3.05) is 11.4 Å². The van der Waals surface area contributed by atoms with Crippen molar-refractivity contribution in [3.8, 4) is 0 Å². The number of amides is 2. The van der Waals surface area contributed by atoms with Crippen molar-refractivity contribution < 1.29 is 14.0 Å². The highest BCUT2D eigenvalue weighted by molar-refractivity contribution is 6.00. The SMILES string of the molecule is CC(C)(C)c1ccc(N2CC(C(=O)NCc3ccc(F)cc3)CC2=O)cc1. The second-order valence-electron chi connectivity index (χ2n) is 8.05. The van der Waals surface area contributed by atoms with Crippen molar-refractivity contribution in [1.29, 1.82) is 0 Å². The van der Waals surface area contributed by atoms with E-state index in [9.17, 15) is 14.0 Å². The van der Waals surface area contributed by atoms with Crippen LogP contribution in [0.15, 0.2) is 48.5 Å². The molecule has 0 saturated carbocycles. The van der Waals surface area contributed by atoms with E-state index in [1.54, 1.807) is 17.0 Å². The predicted molar refractivity (Wildman–Crippen MR) is 104 cm³/mol. The van der Waals surface area contributed by atoms with Gasteiger partial charge < -0.3 is 10.2 Å². The summed E-state index contributed by atoms with van der Waals surface area (Å²) < 4.78 is 12.9. The first-order valence-corrected chi connectivity index (χ1v) is 9.17. The number of carbonyl (C=O) groups is 2. The minimum Gasteiger partial charge on any atom is -0.352 e. The Balaban J connectivity index is 1.61. The zero-order valence-electron chi connectivity index (χ0n) is 16.0. The number of rotatable bonds is 4. The first-order valence-electron chi connectivity index (χ1n) is 9.17. The van der Waals surface area contributed by atoms with Crippen LogP contribution in [-0.4, -0.2) is 18.4 Å². The second kappa shape index (κ2) is 7.51. The highest BCUT2D eigenvalue weighted by Gasteiger charge is 2.35. The molecular weight excluding hydrogens is 343 g/mol. The Labute approximate surface area is 159 Å². The molecule has 1 unspecified atom stereocenters. The number of benzene rings is 2. The molecule has 0 radical (unpaired) electrons. The predicted octanol–water partition coefficient (Wildman–Crippen LogP) is 3.79. The molecule has 3 rings (SSSR count). The maximum Gasteiger partial charge on any atom is 0.227 e. The number of nitrogens with one attached hydrogen (secondary N) is 1. The lowest BCUT2D eigenvalue weighted by Gasteiger charge is -2.21. The largest absolute Gasteiger partial charge is 0.352 e. The first kappa shape index (κ1) is 19.1. The number of halogens is 1. The quantitative estimate of drug-likeness (QED) is 0.893. The topological polar surface area (TPSA) is 49.4 Å². The normalized spacial score (nSPS) is 17.3. The highest BCUT2D eigenvalue weighted by atomic mass is 19.1. The molecule has 0 aromatic heterocycles. The van der Waals surface area contributed by atoms with Crippen LogP contribution in [0, 0.1) is 11.7 Å². The third kappa shape index (κ3) is 4.54. The van der Waals surface area contributed by atoms with Crippen LogP contribution in [0.25, 0.3) is 0 Å². The van der Waals surface area contributed by atoms with Crippen LogP contribution in [0.2, 0.25) is 0 Å². The van der Waals surface area contributed by atoms with Gasteiger partial charge in [-0.15, -0.1) is 0 Å². The molecule has 2 amide bonds. The minimum absolute atomic E-state index is 0.0413. The molecule has 2 aromatic rings. The molecule has 0 aliphatic carbocycles. The summed E-state index contributed by atoms with van der Waals surface area (Å²) in [6.07, 6.45) is 0.205. The molecule has 0 spiro atoms. The van der Waals surface area contributed by atoms with Gasteiger partial charge in [-0.25, -0.2) is 4.39 Å². The van der Waals surface area contributed by atoms with Crippen LogP contribution < -0.4 is 10.2 Å². The van der Waals surface area contributed by atoms with E-state index in [2.05, 4.69) is 26.1 Å². The molecule has 5 heteroatoms. The molecule has 1 saturated heterocycles. The van der Waals surface area contributed by atoms with Gasteiger partial charge in [0.25, 0.3) is 0 Å². The molecule has 27 heavy (non-hydrogen) atoms. The Morgan fingerprint density at radius 2 is 1.74 bits per heavy atom. The molecule has 1 heterocycles. The third-order valence-corrected chi connectivity index (χ3v) is 4.92. The van der Waals surface area contributed by atoms with Gasteiger partial charge in [-0.3, -0.25) is 9.59 Å². The van der Waals surface area contributed by atoms with Gasteiger partial charge in [-0.05, 0) is 40.8 Å². The Kier molecular flexibility index (Phi) is 5.31. The molecule has 4 nitrogen and oxygen atoms in total. The molecule has 1 fully saturated rings. The van der Waals surface area contributed by atoms with Crippen molar-refractivity contribution in [2.45, 2.75) is 39.2 Å². The molecule has 1 aliphatic heterocycles. The highest BCUT2D eigenvalue weighted by Crippen LogP contribution is 2.28. The van der Waals surface area contributed by atoms with E-state index in [0.717, 1.165) is 11.3 Å². The number of hydrogen-bond acceptors (Lipinski definition) is 2.